The first kappa shape index (κ1) is 50.1. The number of rotatable bonds is 5. The van der Waals surface area contributed by atoms with Crippen LogP contribution in [0, 0.1) is 51.7 Å². The van der Waals surface area contributed by atoms with E-state index in [0.29, 0.717) is 12.2 Å². The zero-order chi connectivity index (χ0) is 27.8. The maximum absolute atomic E-state index is 11.2. The minimum atomic E-state index is -0.115. The standard InChI is InChI=1S/C20H20O2.6CO.2Co/c1-16(22-15-14-18-6-4-3-5-7-18)8-9-19-10-12-20(13-11-19)17(2)21;6*1-2;;/h3-7,10-13,16H,14-15H2,1-2H3;;;;;;;;. The minimum Gasteiger partial charge on any atom is 0 e. The normalized spacial score (nSPS) is 7.28. The molecular weight excluding hydrogens is 558 g/mol. The first-order valence-electron chi connectivity index (χ1n) is 8.65. The molecule has 0 aliphatic heterocycles. The Labute approximate surface area is 232 Å². The van der Waals surface area contributed by atoms with E-state index in [-0.39, 0.29) is 45.4 Å². The molecule has 2 radical (unpaired) electrons. The summed E-state index contributed by atoms with van der Waals surface area (Å²) in [4.78, 5) is 11.2. The molecule has 2 aromatic rings. The summed E-state index contributed by atoms with van der Waals surface area (Å²) in [5.74, 6) is 6.22. The second-order valence-corrected chi connectivity index (χ2v) is 5.15. The molecule has 36 heavy (non-hydrogen) atoms. The van der Waals surface area contributed by atoms with Crippen molar-refractivity contribution in [1.82, 2.24) is 0 Å². The Balaban J connectivity index is -0.000000106. The van der Waals surface area contributed by atoms with Gasteiger partial charge < -0.3 is 4.74 Å². The van der Waals surface area contributed by atoms with Crippen LogP contribution in [0.3, 0.4) is 0 Å². The van der Waals surface area contributed by atoms with Gasteiger partial charge in [0.15, 0.2) is 5.78 Å². The molecular formula is C26H20Co2O8. The molecule has 190 valence electrons. The van der Waals surface area contributed by atoms with Gasteiger partial charge in [-0.05, 0) is 38.0 Å². The van der Waals surface area contributed by atoms with E-state index >= 15 is 0 Å². The van der Waals surface area contributed by atoms with Gasteiger partial charge in [0.2, 0.25) is 0 Å². The van der Waals surface area contributed by atoms with Crippen LogP contribution < -0.4 is 0 Å². The molecule has 0 N–H and O–H groups in total. The largest absolute Gasteiger partial charge is 0 e. The monoisotopic (exact) mass is 578 g/mol. The van der Waals surface area contributed by atoms with Gasteiger partial charge >= 0.3 is 67.8 Å². The van der Waals surface area contributed by atoms with Gasteiger partial charge in [0.1, 0.15) is 6.10 Å². The Hall–Kier alpha value is -2.92. The van der Waals surface area contributed by atoms with E-state index < -0.39 is 0 Å². The van der Waals surface area contributed by atoms with Crippen molar-refractivity contribution in [1.29, 1.82) is 0 Å². The Morgan fingerprint density at radius 2 is 1.19 bits per heavy atom. The number of Topliss-reactive ketones (excluding diaryl/α,β-unsaturated/α-hetero) is 1. The summed E-state index contributed by atoms with van der Waals surface area (Å²) in [6.45, 7) is 31.2. The molecule has 0 saturated heterocycles. The van der Waals surface area contributed by atoms with Crippen molar-refractivity contribution in [2.24, 2.45) is 0 Å². The minimum absolute atomic E-state index is 0. The van der Waals surface area contributed by atoms with Gasteiger partial charge in [-0.25, -0.2) is 0 Å². The number of carbonyl (C=O) groups excluding carboxylic acids is 1. The molecule has 0 bridgehead atoms. The molecule has 0 amide bonds. The van der Waals surface area contributed by atoms with Gasteiger partial charge in [-0.15, -0.1) is 0 Å². The fourth-order valence-corrected chi connectivity index (χ4v) is 2.01. The van der Waals surface area contributed by atoms with Crippen LogP contribution in [0.25, 0.3) is 0 Å². The molecule has 1 unspecified atom stereocenters. The number of ketones is 1. The first-order valence-corrected chi connectivity index (χ1v) is 8.65. The Bertz CT molecular complexity index is 886. The van der Waals surface area contributed by atoms with Crippen molar-refractivity contribution in [2.45, 2.75) is 26.4 Å². The zero-order valence-corrected chi connectivity index (χ0v) is 21.2. The van der Waals surface area contributed by atoms with Crippen LogP contribution in [0.5, 0.6) is 0 Å². The van der Waals surface area contributed by atoms with Crippen LogP contribution in [0.1, 0.15) is 35.3 Å². The van der Waals surface area contributed by atoms with Crippen molar-refractivity contribution < 1.29 is 71.0 Å². The summed E-state index contributed by atoms with van der Waals surface area (Å²) in [6, 6.07) is 17.6. The van der Waals surface area contributed by atoms with Gasteiger partial charge in [-0.3, -0.25) is 4.79 Å². The average Bonchev–Trinajstić information content (AvgIpc) is 2.95. The summed E-state index contributed by atoms with van der Waals surface area (Å²) in [5, 5.41) is 0. The predicted octanol–water partition coefficient (Wildman–Crippen LogP) is 3.66. The third kappa shape index (κ3) is 31.1. The predicted molar refractivity (Wildman–Crippen MR) is 112 cm³/mol. The molecule has 0 saturated carbocycles. The van der Waals surface area contributed by atoms with Gasteiger partial charge in [0.25, 0.3) is 0 Å². The van der Waals surface area contributed by atoms with Crippen molar-refractivity contribution >= 4 is 5.78 Å². The molecule has 1 atom stereocenters. The smallest absolute Gasteiger partial charge is 0 e. The second kappa shape index (κ2) is 45.6. The van der Waals surface area contributed by atoms with Crippen molar-refractivity contribution in [3.63, 3.8) is 0 Å². The van der Waals surface area contributed by atoms with E-state index in [1.54, 1.807) is 19.1 Å². The third-order valence-corrected chi connectivity index (χ3v) is 3.31. The summed E-state index contributed by atoms with van der Waals surface area (Å²) < 4.78 is 50.7. The first-order chi connectivity index (χ1) is 16.6. The quantitative estimate of drug-likeness (QED) is 0.231. The molecule has 0 heterocycles. The fraction of sp³-hybridized carbons (Fsp3) is 0.192. The topological polar surface area (TPSA) is 146 Å². The zero-order valence-electron chi connectivity index (χ0n) is 19.1. The summed E-state index contributed by atoms with van der Waals surface area (Å²) in [5.41, 5.74) is 2.86. The van der Waals surface area contributed by atoms with E-state index in [2.05, 4.69) is 63.9 Å². The summed E-state index contributed by atoms with van der Waals surface area (Å²) in [6.07, 6.45) is 0.774. The Morgan fingerprint density at radius 1 is 0.778 bits per heavy atom. The molecule has 0 aliphatic rings. The number of carbonyl (C=O) groups is 1. The maximum Gasteiger partial charge on any atom is 0 e. The molecule has 0 fully saturated rings. The molecule has 0 aliphatic carbocycles. The number of hydrogen-bond donors (Lipinski definition) is 0. The van der Waals surface area contributed by atoms with Crippen LogP contribution in [0.4, 0.5) is 0 Å². The van der Waals surface area contributed by atoms with E-state index in [1.807, 2.05) is 37.3 Å². The second-order valence-electron chi connectivity index (χ2n) is 5.15. The summed E-state index contributed by atoms with van der Waals surface area (Å²) in [7, 11) is 0. The van der Waals surface area contributed by atoms with Crippen molar-refractivity contribution in [3.8, 4) is 11.8 Å². The van der Waals surface area contributed by atoms with Crippen LogP contribution in [0.2, 0.25) is 0 Å². The molecule has 2 aromatic carbocycles. The van der Waals surface area contributed by atoms with Crippen molar-refractivity contribution in [2.75, 3.05) is 6.61 Å². The molecule has 0 spiro atoms. The van der Waals surface area contributed by atoms with E-state index in [4.69, 9.17) is 32.6 Å². The van der Waals surface area contributed by atoms with E-state index in [9.17, 15) is 4.79 Å². The van der Waals surface area contributed by atoms with Gasteiger partial charge in [0.05, 0.1) is 6.61 Å². The van der Waals surface area contributed by atoms with Crippen LogP contribution >= 0.6 is 0 Å². The van der Waals surface area contributed by atoms with Crippen LogP contribution in [0.15, 0.2) is 54.6 Å². The van der Waals surface area contributed by atoms with Crippen molar-refractivity contribution in [3.05, 3.63) is 111 Å². The van der Waals surface area contributed by atoms with Gasteiger partial charge in [-0.1, -0.05) is 54.3 Å². The molecule has 2 rings (SSSR count). The van der Waals surface area contributed by atoms with Crippen LogP contribution in [-0.2, 0) is 72.6 Å². The fourth-order valence-electron chi connectivity index (χ4n) is 2.01. The molecule has 8 nitrogen and oxygen atoms in total. The van der Waals surface area contributed by atoms with Crippen LogP contribution in [-0.4, -0.2) is 18.5 Å². The Morgan fingerprint density at radius 3 is 1.58 bits per heavy atom. The Kier molecular flexibility index (Phi) is 63.3. The molecule has 0 aromatic heterocycles. The third-order valence-electron chi connectivity index (χ3n) is 3.31. The SMILES string of the molecule is CC(=O)c1ccc(C#CC(C)OCCc2ccccc2)cc1.[C-]#[O+].[C-]#[O+].[C-]#[O+].[C-]#[O+].[C-]#[O+].[C-]#[O+].[Co].[Co]. The molecule has 10 heteroatoms. The number of ether oxygens (including phenoxy) is 1. The van der Waals surface area contributed by atoms with E-state index in [1.165, 1.54) is 5.56 Å². The average molecular weight is 578 g/mol. The van der Waals surface area contributed by atoms with Gasteiger partial charge in [0, 0.05) is 44.7 Å². The maximum atomic E-state index is 11.2. The number of hydrogen-bond acceptors (Lipinski definition) is 2. The van der Waals surface area contributed by atoms with Gasteiger partial charge in [-0.2, -0.15) is 0 Å². The number of benzene rings is 2. The summed E-state index contributed by atoms with van der Waals surface area (Å²) >= 11 is 0. The van der Waals surface area contributed by atoms with E-state index in [0.717, 1.165) is 12.0 Å².